The second kappa shape index (κ2) is 13.4. The standard InChI is InChI=1S/C63H38O/c1-2-16-39(17-3-1)60-50-24-4-5-25-51(50)61(43-33-34-48-47-22-8-12-30-57(47)63(58(48)38-43)55-28-10-6-20-45(55)46-21-7-11-29-56(46)63)54-37-41(32-35-52(54)60)40-18-14-19-42(36-40)44-26-15-27-53-49-23-9-13-31-59(49)64-62(44)53/h1-38H. The molecule has 12 aromatic rings. The van der Waals surface area contributed by atoms with Crippen LogP contribution in [-0.4, -0.2) is 0 Å². The zero-order valence-corrected chi connectivity index (χ0v) is 34.8. The summed E-state index contributed by atoms with van der Waals surface area (Å²) in [6, 6.07) is 85.4. The molecule has 1 heteroatoms. The Morgan fingerprint density at radius 3 is 1.45 bits per heavy atom. The van der Waals surface area contributed by atoms with Gasteiger partial charge in [-0.15, -0.1) is 0 Å². The summed E-state index contributed by atoms with van der Waals surface area (Å²) in [7, 11) is 0. The lowest BCUT2D eigenvalue weighted by Crippen LogP contribution is -2.25. The molecule has 0 atom stereocenters. The molecule has 1 spiro atoms. The Hall–Kier alpha value is -8.26. The van der Waals surface area contributed by atoms with E-state index in [1.165, 1.54) is 93.9 Å². The molecule has 2 aliphatic rings. The van der Waals surface area contributed by atoms with E-state index in [1.54, 1.807) is 0 Å². The summed E-state index contributed by atoms with van der Waals surface area (Å²) in [6.45, 7) is 0. The van der Waals surface area contributed by atoms with Crippen LogP contribution in [0.4, 0.5) is 0 Å². The van der Waals surface area contributed by atoms with Crippen LogP contribution in [0.3, 0.4) is 0 Å². The molecule has 0 amide bonds. The highest BCUT2D eigenvalue weighted by Gasteiger charge is 2.51. The fraction of sp³-hybridized carbons (Fsp3) is 0.0159. The number of para-hydroxylation sites is 2. The Balaban J connectivity index is 1.04. The van der Waals surface area contributed by atoms with E-state index < -0.39 is 5.41 Å². The van der Waals surface area contributed by atoms with Crippen LogP contribution in [0, 0.1) is 0 Å². The van der Waals surface area contributed by atoms with Gasteiger partial charge in [0.25, 0.3) is 0 Å². The van der Waals surface area contributed by atoms with Crippen LogP contribution in [0.2, 0.25) is 0 Å². The van der Waals surface area contributed by atoms with Crippen molar-refractivity contribution in [1.29, 1.82) is 0 Å². The third-order valence-electron chi connectivity index (χ3n) is 14.3. The van der Waals surface area contributed by atoms with Gasteiger partial charge < -0.3 is 4.42 Å². The van der Waals surface area contributed by atoms with Gasteiger partial charge in [-0.25, -0.2) is 0 Å². The number of fused-ring (bicyclic) bond motifs is 15. The molecular formula is C63H38O. The van der Waals surface area contributed by atoms with Gasteiger partial charge in [0, 0.05) is 16.3 Å². The molecule has 2 aliphatic carbocycles. The van der Waals surface area contributed by atoms with Crippen molar-refractivity contribution in [2.45, 2.75) is 5.41 Å². The average Bonchev–Trinajstić information content (AvgIpc) is 4.00. The van der Waals surface area contributed by atoms with E-state index in [4.69, 9.17) is 4.42 Å². The summed E-state index contributed by atoms with van der Waals surface area (Å²) in [5.41, 5.74) is 21.6. The lowest BCUT2D eigenvalue weighted by Gasteiger charge is -2.31. The number of furan rings is 1. The minimum atomic E-state index is -0.432. The van der Waals surface area contributed by atoms with Crippen molar-refractivity contribution in [2.75, 3.05) is 0 Å². The first kappa shape index (κ1) is 35.3. The van der Waals surface area contributed by atoms with E-state index in [-0.39, 0.29) is 0 Å². The van der Waals surface area contributed by atoms with Crippen molar-refractivity contribution in [2.24, 2.45) is 0 Å². The minimum absolute atomic E-state index is 0.432. The number of benzene rings is 11. The van der Waals surface area contributed by atoms with Crippen molar-refractivity contribution < 1.29 is 4.42 Å². The van der Waals surface area contributed by atoms with Crippen LogP contribution in [0.25, 0.3) is 110 Å². The molecule has 0 fully saturated rings. The quantitative estimate of drug-likeness (QED) is 0.161. The van der Waals surface area contributed by atoms with Crippen LogP contribution in [0.15, 0.2) is 235 Å². The van der Waals surface area contributed by atoms with E-state index in [9.17, 15) is 0 Å². The van der Waals surface area contributed by atoms with Gasteiger partial charge in [-0.2, -0.15) is 0 Å². The first-order valence-corrected chi connectivity index (χ1v) is 22.2. The Bertz CT molecular complexity index is 3840. The maximum absolute atomic E-state index is 6.53. The lowest BCUT2D eigenvalue weighted by molar-refractivity contribution is 0.670. The molecule has 0 saturated heterocycles. The number of hydrogen-bond acceptors (Lipinski definition) is 1. The van der Waals surface area contributed by atoms with Crippen LogP contribution in [0.5, 0.6) is 0 Å². The third-order valence-corrected chi connectivity index (χ3v) is 14.3. The molecular weight excluding hydrogens is 773 g/mol. The topological polar surface area (TPSA) is 13.1 Å². The first-order valence-electron chi connectivity index (χ1n) is 22.2. The molecule has 0 radical (unpaired) electrons. The zero-order chi connectivity index (χ0) is 41.9. The van der Waals surface area contributed by atoms with Crippen LogP contribution >= 0.6 is 0 Å². The van der Waals surface area contributed by atoms with Crippen LogP contribution in [0.1, 0.15) is 22.3 Å². The average molecular weight is 811 g/mol. The van der Waals surface area contributed by atoms with Crippen molar-refractivity contribution in [1.82, 2.24) is 0 Å². The molecule has 1 nitrogen and oxygen atoms in total. The Morgan fingerprint density at radius 2 is 0.734 bits per heavy atom. The molecule has 1 heterocycles. The molecule has 1 aromatic heterocycles. The monoisotopic (exact) mass is 810 g/mol. The number of hydrogen-bond donors (Lipinski definition) is 0. The predicted molar refractivity (Wildman–Crippen MR) is 267 cm³/mol. The maximum Gasteiger partial charge on any atom is 0.143 e. The summed E-state index contributed by atoms with van der Waals surface area (Å²) in [4.78, 5) is 0. The SMILES string of the molecule is c1ccc(-c2c3ccccc3c(-c3ccc4c(c3)C3(c5ccccc5-c5ccccc53)c3ccccc3-4)c3cc(-c4cccc(-c5cccc6c5oc5ccccc56)c4)ccc23)cc1. The van der Waals surface area contributed by atoms with E-state index in [1.807, 2.05) is 6.07 Å². The molecule has 296 valence electrons. The van der Waals surface area contributed by atoms with Gasteiger partial charge >= 0.3 is 0 Å². The van der Waals surface area contributed by atoms with Crippen molar-refractivity contribution in [3.63, 3.8) is 0 Å². The van der Waals surface area contributed by atoms with Gasteiger partial charge in [-0.3, -0.25) is 0 Å². The second-order valence-electron chi connectivity index (χ2n) is 17.4. The molecule has 0 aliphatic heterocycles. The van der Waals surface area contributed by atoms with Gasteiger partial charge in [0.2, 0.25) is 0 Å². The van der Waals surface area contributed by atoms with Crippen molar-refractivity contribution >= 4 is 43.5 Å². The fourth-order valence-corrected chi connectivity index (χ4v) is 11.7. The molecule has 0 saturated carbocycles. The maximum atomic E-state index is 6.53. The van der Waals surface area contributed by atoms with Crippen molar-refractivity contribution in [3.8, 4) is 66.8 Å². The minimum Gasteiger partial charge on any atom is -0.455 e. The summed E-state index contributed by atoms with van der Waals surface area (Å²) >= 11 is 0. The highest BCUT2D eigenvalue weighted by atomic mass is 16.3. The van der Waals surface area contributed by atoms with E-state index in [0.29, 0.717) is 0 Å². The fourth-order valence-electron chi connectivity index (χ4n) is 11.7. The van der Waals surface area contributed by atoms with E-state index >= 15 is 0 Å². The van der Waals surface area contributed by atoms with Gasteiger partial charge in [-0.05, 0) is 129 Å². The van der Waals surface area contributed by atoms with E-state index in [0.717, 1.165) is 38.6 Å². The molecule has 0 bridgehead atoms. The largest absolute Gasteiger partial charge is 0.455 e. The van der Waals surface area contributed by atoms with Crippen LogP contribution < -0.4 is 0 Å². The summed E-state index contributed by atoms with van der Waals surface area (Å²) in [5, 5.41) is 7.24. The first-order chi connectivity index (χ1) is 31.8. The predicted octanol–water partition coefficient (Wildman–Crippen LogP) is 16.9. The second-order valence-corrected chi connectivity index (χ2v) is 17.4. The molecule has 64 heavy (non-hydrogen) atoms. The Labute approximate surface area is 371 Å². The molecule has 0 N–H and O–H groups in total. The zero-order valence-electron chi connectivity index (χ0n) is 34.8. The van der Waals surface area contributed by atoms with E-state index in [2.05, 4.69) is 224 Å². The van der Waals surface area contributed by atoms with Crippen molar-refractivity contribution in [3.05, 3.63) is 253 Å². The molecule has 0 unspecified atom stereocenters. The normalized spacial score (nSPS) is 13.1. The Kier molecular flexibility index (Phi) is 7.38. The lowest BCUT2D eigenvalue weighted by atomic mass is 9.70. The van der Waals surface area contributed by atoms with Crippen LogP contribution in [-0.2, 0) is 5.41 Å². The van der Waals surface area contributed by atoms with Gasteiger partial charge in [0.1, 0.15) is 11.2 Å². The summed E-state index contributed by atoms with van der Waals surface area (Å²) < 4.78 is 6.53. The highest BCUT2D eigenvalue weighted by molar-refractivity contribution is 6.22. The number of rotatable bonds is 4. The van der Waals surface area contributed by atoms with Gasteiger partial charge in [0.05, 0.1) is 5.41 Å². The van der Waals surface area contributed by atoms with Gasteiger partial charge in [0.15, 0.2) is 0 Å². The Morgan fingerprint density at radius 1 is 0.250 bits per heavy atom. The highest BCUT2D eigenvalue weighted by Crippen LogP contribution is 2.63. The molecule has 11 aromatic carbocycles. The van der Waals surface area contributed by atoms with Gasteiger partial charge in [-0.1, -0.05) is 206 Å². The summed E-state index contributed by atoms with van der Waals surface area (Å²) in [5.74, 6) is 0. The summed E-state index contributed by atoms with van der Waals surface area (Å²) in [6.07, 6.45) is 0. The molecule has 14 rings (SSSR count). The smallest absolute Gasteiger partial charge is 0.143 e. The third kappa shape index (κ3) is 4.79.